The lowest BCUT2D eigenvalue weighted by Crippen LogP contribution is -2.28. The molecule has 148 valence electrons. The van der Waals surface area contributed by atoms with Gasteiger partial charge < -0.3 is 14.8 Å². The van der Waals surface area contributed by atoms with Crippen LogP contribution in [0.3, 0.4) is 0 Å². The van der Waals surface area contributed by atoms with Crippen molar-refractivity contribution in [1.82, 2.24) is 15.1 Å². The Hall–Kier alpha value is -2.55. The lowest BCUT2D eigenvalue weighted by Gasteiger charge is -2.15. The van der Waals surface area contributed by atoms with Gasteiger partial charge in [-0.05, 0) is 43.4 Å². The third-order valence-corrected chi connectivity index (χ3v) is 7.34. The Morgan fingerprint density at radius 1 is 1.25 bits per heavy atom. The second-order valence-electron chi connectivity index (χ2n) is 7.50. The van der Waals surface area contributed by atoms with Crippen LogP contribution >= 0.6 is 0 Å². The fraction of sp³-hybridized carbons (Fsp3) is 0.474. The molecule has 1 atom stereocenters. The van der Waals surface area contributed by atoms with E-state index in [-0.39, 0.29) is 30.2 Å². The molecule has 5 rings (SSSR count). The molecule has 28 heavy (non-hydrogen) atoms. The van der Waals surface area contributed by atoms with E-state index >= 15 is 0 Å². The molecule has 0 bridgehead atoms. The first kappa shape index (κ1) is 17.5. The zero-order valence-electron chi connectivity index (χ0n) is 15.3. The highest BCUT2D eigenvalue weighted by molar-refractivity contribution is 7.91. The summed E-state index contributed by atoms with van der Waals surface area (Å²) in [4.78, 5) is 13.0. The van der Waals surface area contributed by atoms with Gasteiger partial charge in [-0.1, -0.05) is 6.07 Å². The zero-order chi connectivity index (χ0) is 19.3. The Balaban J connectivity index is 1.38. The second kappa shape index (κ2) is 6.51. The van der Waals surface area contributed by atoms with Gasteiger partial charge in [0.05, 0.1) is 23.2 Å². The predicted octanol–water partition coefficient (Wildman–Crippen LogP) is 1.39. The molecule has 8 nitrogen and oxygen atoms in total. The van der Waals surface area contributed by atoms with E-state index in [2.05, 4.69) is 10.4 Å². The summed E-state index contributed by atoms with van der Waals surface area (Å²) in [6.07, 6.45) is 3.13. The van der Waals surface area contributed by atoms with Crippen LogP contribution < -0.4 is 14.8 Å². The van der Waals surface area contributed by atoms with Crippen LogP contribution in [0, 0.1) is 0 Å². The number of carbonyl (C=O) groups is 1. The summed E-state index contributed by atoms with van der Waals surface area (Å²) in [6.45, 7) is 0.555. The highest BCUT2D eigenvalue weighted by atomic mass is 32.2. The second-order valence-corrected chi connectivity index (χ2v) is 9.73. The number of rotatable bonds is 4. The fourth-order valence-electron chi connectivity index (χ4n) is 4.20. The molecule has 3 aliphatic rings. The molecular formula is C19H21N3O5S. The van der Waals surface area contributed by atoms with E-state index in [1.165, 1.54) is 0 Å². The summed E-state index contributed by atoms with van der Waals surface area (Å²) >= 11 is 0. The van der Waals surface area contributed by atoms with Crippen molar-refractivity contribution in [2.45, 2.75) is 38.3 Å². The number of nitrogens with one attached hydrogen (secondary N) is 1. The molecule has 1 fully saturated rings. The van der Waals surface area contributed by atoms with E-state index in [1.807, 2.05) is 18.2 Å². The molecule has 2 aromatic rings. The molecule has 1 N–H and O–H groups in total. The number of fused-ring (bicyclic) bond motifs is 2. The first-order valence-electron chi connectivity index (χ1n) is 9.47. The average molecular weight is 403 g/mol. The van der Waals surface area contributed by atoms with E-state index in [0.717, 1.165) is 36.1 Å². The van der Waals surface area contributed by atoms with E-state index < -0.39 is 9.84 Å². The smallest absolute Gasteiger partial charge is 0.270 e. The number of ether oxygens (including phenoxy) is 2. The van der Waals surface area contributed by atoms with E-state index in [4.69, 9.17) is 9.47 Å². The molecule has 1 aliphatic carbocycles. The van der Waals surface area contributed by atoms with Gasteiger partial charge in [-0.3, -0.25) is 9.48 Å². The number of benzene rings is 1. The monoisotopic (exact) mass is 403 g/mol. The number of carbonyl (C=O) groups excluding carboxylic acids is 1. The van der Waals surface area contributed by atoms with Gasteiger partial charge >= 0.3 is 0 Å². The maximum Gasteiger partial charge on any atom is 0.270 e. The predicted molar refractivity (Wildman–Crippen MR) is 100 cm³/mol. The van der Waals surface area contributed by atoms with Crippen LogP contribution in [0.2, 0.25) is 0 Å². The molecule has 1 amide bonds. The molecular weight excluding hydrogens is 382 g/mol. The van der Waals surface area contributed by atoms with Crippen LogP contribution in [-0.2, 0) is 29.2 Å². The molecule has 3 heterocycles. The van der Waals surface area contributed by atoms with Crippen molar-refractivity contribution in [3.05, 3.63) is 40.7 Å². The Morgan fingerprint density at radius 2 is 2.11 bits per heavy atom. The van der Waals surface area contributed by atoms with Gasteiger partial charge in [0.1, 0.15) is 5.69 Å². The standard InChI is InChI=1S/C19H21N3O5S/c23-19(20-9-12-4-5-16-17(8-12)27-11-26-16)18-14-2-1-3-15(14)21-22(18)13-6-7-28(24,25)10-13/h4-5,8,13H,1-3,6-7,9-11H2,(H,20,23)/t13-/m0/s1. The first-order chi connectivity index (χ1) is 13.5. The van der Waals surface area contributed by atoms with Crippen LogP contribution in [0.15, 0.2) is 18.2 Å². The largest absolute Gasteiger partial charge is 0.454 e. The fourth-order valence-corrected chi connectivity index (χ4v) is 5.89. The maximum atomic E-state index is 13.0. The van der Waals surface area contributed by atoms with Gasteiger partial charge in [-0.2, -0.15) is 5.10 Å². The Morgan fingerprint density at radius 3 is 2.93 bits per heavy atom. The van der Waals surface area contributed by atoms with Crippen molar-refractivity contribution in [2.24, 2.45) is 0 Å². The highest BCUT2D eigenvalue weighted by Gasteiger charge is 2.35. The van der Waals surface area contributed by atoms with Crippen LogP contribution in [0.25, 0.3) is 0 Å². The summed E-state index contributed by atoms with van der Waals surface area (Å²) < 4.78 is 36.2. The van der Waals surface area contributed by atoms with E-state index in [1.54, 1.807) is 4.68 Å². The van der Waals surface area contributed by atoms with E-state index in [9.17, 15) is 13.2 Å². The van der Waals surface area contributed by atoms with E-state index in [0.29, 0.717) is 30.2 Å². The third-order valence-electron chi connectivity index (χ3n) is 5.59. The zero-order valence-corrected chi connectivity index (χ0v) is 16.1. The molecule has 0 unspecified atom stereocenters. The summed E-state index contributed by atoms with van der Waals surface area (Å²) in [6, 6.07) is 5.31. The van der Waals surface area contributed by atoms with Gasteiger partial charge in [0.15, 0.2) is 21.3 Å². The maximum absolute atomic E-state index is 13.0. The van der Waals surface area contributed by atoms with Crippen molar-refractivity contribution >= 4 is 15.7 Å². The quantitative estimate of drug-likeness (QED) is 0.828. The normalized spacial score (nSPS) is 21.6. The van der Waals surface area contributed by atoms with Crippen LogP contribution in [0.5, 0.6) is 11.5 Å². The minimum atomic E-state index is -3.06. The Labute approximate surface area is 162 Å². The number of hydrogen-bond acceptors (Lipinski definition) is 6. The lowest BCUT2D eigenvalue weighted by molar-refractivity contribution is 0.0936. The van der Waals surface area contributed by atoms with Crippen molar-refractivity contribution in [1.29, 1.82) is 0 Å². The van der Waals surface area contributed by atoms with Crippen molar-refractivity contribution in [3.8, 4) is 11.5 Å². The molecule has 0 spiro atoms. The lowest BCUT2D eigenvalue weighted by atomic mass is 10.1. The van der Waals surface area contributed by atoms with Crippen molar-refractivity contribution < 1.29 is 22.7 Å². The topological polar surface area (TPSA) is 99.5 Å². The number of hydrogen-bond donors (Lipinski definition) is 1. The van der Waals surface area contributed by atoms with Crippen molar-refractivity contribution in [3.63, 3.8) is 0 Å². The summed E-state index contributed by atoms with van der Waals surface area (Å²) in [5, 5.41) is 7.58. The van der Waals surface area contributed by atoms with Gasteiger partial charge in [-0.15, -0.1) is 0 Å². The minimum absolute atomic E-state index is 0.0516. The van der Waals surface area contributed by atoms with Gasteiger partial charge in [-0.25, -0.2) is 8.42 Å². The molecule has 1 saturated heterocycles. The number of nitrogens with zero attached hydrogens (tertiary/aromatic N) is 2. The average Bonchev–Trinajstić information content (AvgIpc) is 3.41. The summed E-state index contributed by atoms with van der Waals surface area (Å²) in [5.74, 6) is 1.37. The molecule has 1 aromatic carbocycles. The number of aryl methyl sites for hydroxylation is 1. The minimum Gasteiger partial charge on any atom is -0.454 e. The van der Waals surface area contributed by atoms with Gasteiger partial charge in [0.2, 0.25) is 6.79 Å². The van der Waals surface area contributed by atoms with Gasteiger partial charge in [0, 0.05) is 12.1 Å². The SMILES string of the molecule is O=C(NCc1ccc2c(c1)OCO2)c1c2c(nn1[C@H]1CCS(=O)(=O)C1)CCC2. The Kier molecular flexibility index (Phi) is 4.08. The molecule has 1 aromatic heterocycles. The van der Waals surface area contributed by atoms with Gasteiger partial charge in [0.25, 0.3) is 5.91 Å². The van der Waals surface area contributed by atoms with Crippen LogP contribution in [0.4, 0.5) is 0 Å². The highest BCUT2D eigenvalue weighted by Crippen LogP contribution is 2.33. The third kappa shape index (κ3) is 3.03. The van der Waals surface area contributed by atoms with Crippen molar-refractivity contribution in [2.75, 3.05) is 18.3 Å². The van der Waals surface area contributed by atoms with Crippen LogP contribution in [-0.4, -0.2) is 42.4 Å². The van der Waals surface area contributed by atoms with Crippen LogP contribution in [0.1, 0.15) is 46.2 Å². The first-order valence-corrected chi connectivity index (χ1v) is 11.3. The molecule has 0 saturated carbocycles. The number of sulfone groups is 1. The Bertz CT molecular complexity index is 1060. The molecule has 2 aliphatic heterocycles. The molecule has 9 heteroatoms. The molecule has 0 radical (unpaired) electrons. The summed E-state index contributed by atoms with van der Waals surface area (Å²) in [7, 11) is -3.06. The number of aromatic nitrogens is 2. The number of amides is 1. The summed E-state index contributed by atoms with van der Waals surface area (Å²) in [5.41, 5.74) is 3.32.